The number of nitrogens with zero attached hydrogens (tertiary/aromatic N) is 3. The molecule has 26 heavy (non-hydrogen) atoms. The summed E-state index contributed by atoms with van der Waals surface area (Å²) in [6.07, 6.45) is 0. The van der Waals surface area contributed by atoms with Crippen molar-refractivity contribution in [1.82, 2.24) is 14.7 Å². The van der Waals surface area contributed by atoms with Crippen molar-refractivity contribution in [3.8, 4) is 0 Å². The molecule has 3 rings (SSSR count). The molecule has 3 heterocycles. The van der Waals surface area contributed by atoms with E-state index >= 15 is 0 Å². The summed E-state index contributed by atoms with van der Waals surface area (Å²) < 4.78 is 5.01. The van der Waals surface area contributed by atoms with Crippen molar-refractivity contribution in [3.63, 3.8) is 0 Å². The Bertz CT molecular complexity index is 730. The van der Waals surface area contributed by atoms with E-state index in [0.717, 1.165) is 4.88 Å². The molecule has 2 saturated heterocycles. The van der Waals surface area contributed by atoms with Crippen LogP contribution in [0, 0.1) is 12.3 Å². The maximum Gasteiger partial charge on any atom is 0.327 e. The lowest BCUT2D eigenvalue weighted by molar-refractivity contribution is -0.128. The highest BCUT2D eigenvalue weighted by atomic mass is 32.1. The smallest absolute Gasteiger partial charge is 0.327 e. The molecule has 0 aromatic carbocycles. The van der Waals surface area contributed by atoms with Gasteiger partial charge >= 0.3 is 6.03 Å². The monoisotopic (exact) mass is 379 g/mol. The summed E-state index contributed by atoms with van der Waals surface area (Å²) >= 11 is 1.45. The molecular weight excluding hydrogens is 354 g/mol. The maximum atomic E-state index is 13.0. The molecule has 8 heteroatoms. The van der Waals surface area contributed by atoms with Crippen molar-refractivity contribution in [2.75, 3.05) is 39.9 Å². The second-order valence-corrected chi connectivity index (χ2v) is 8.96. The summed E-state index contributed by atoms with van der Waals surface area (Å²) in [6, 6.07) is 2.84. The number of urea groups is 1. The summed E-state index contributed by atoms with van der Waals surface area (Å²) in [7, 11) is 1.54. The quantitative estimate of drug-likeness (QED) is 0.748. The average molecular weight is 379 g/mol. The molecule has 0 saturated carbocycles. The highest BCUT2D eigenvalue weighted by Gasteiger charge is 2.50. The van der Waals surface area contributed by atoms with Crippen LogP contribution in [0.5, 0.6) is 0 Å². The number of fused-ring (bicyclic) bond motifs is 1. The summed E-state index contributed by atoms with van der Waals surface area (Å²) in [4.78, 5) is 44.8. The van der Waals surface area contributed by atoms with Gasteiger partial charge in [-0.1, -0.05) is 13.8 Å². The largest absolute Gasteiger partial charge is 0.383 e. The van der Waals surface area contributed by atoms with Crippen LogP contribution in [0.4, 0.5) is 4.79 Å². The lowest BCUT2D eigenvalue weighted by atomic mass is 9.92. The first-order valence-corrected chi connectivity index (χ1v) is 9.52. The van der Waals surface area contributed by atoms with E-state index in [9.17, 15) is 14.4 Å². The zero-order valence-electron chi connectivity index (χ0n) is 15.7. The van der Waals surface area contributed by atoms with Crippen LogP contribution in [0.15, 0.2) is 12.1 Å². The van der Waals surface area contributed by atoms with Crippen molar-refractivity contribution in [3.05, 3.63) is 21.9 Å². The van der Waals surface area contributed by atoms with Gasteiger partial charge < -0.3 is 14.5 Å². The summed E-state index contributed by atoms with van der Waals surface area (Å²) in [5.74, 6) is -0.321. The van der Waals surface area contributed by atoms with Crippen LogP contribution in [0.1, 0.15) is 28.4 Å². The van der Waals surface area contributed by atoms with Crippen LogP contribution in [-0.2, 0) is 9.53 Å². The zero-order chi connectivity index (χ0) is 19.1. The Morgan fingerprint density at radius 2 is 2.04 bits per heavy atom. The van der Waals surface area contributed by atoms with Gasteiger partial charge in [-0.15, -0.1) is 11.3 Å². The molecule has 1 unspecified atom stereocenters. The highest BCUT2D eigenvalue weighted by Crippen LogP contribution is 2.31. The van der Waals surface area contributed by atoms with Crippen molar-refractivity contribution < 1.29 is 19.1 Å². The number of aryl methyl sites for hydroxylation is 1. The SMILES string of the molecule is COCCN1C(=O)C2CN(C(=O)c3ccc(C)s3)CC(C)(C)CN2C1=O. The van der Waals surface area contributed by atoms with Crippen molar-refractivity contribution in [2.24, 2.45) is 5.41 Å². The topological polar surface area (TPSA) is 70.2 Å². The molecule has 0 radical (unpaired) electrons. The number of hydrogen-bond donors (Lipinski definition) is 0. The molecule has 4 amide bonds. The minimum absolute atomic E-state index is 0.0754. The number of amides is 4. The predicted molar refractivity (Wildman–Crippen MR) is 98.2 cm³/mol. The first kappa shape index (κ1) is 18.8. The minimum atomic E-state index is -0.619. The van der Waals surface area contributed by atoms with Gasteiger partial charge in [0.05, 0.1) is 24.6 Å². The van der Waals surface area contributed by atoms with Gasteiger partial charge in [0.2, 0.25) is 0 Å². The first-order chi connectivity index (χ1) is 12.2. The van der Waals surface area contributed by atoms with Crippen LogP contribution in [-0.4, -0.2) is 78.5 Å². The number of thiophene rings is 1. The first-order valence-electron chi connectivity index (χ1n) is 8.70. The van der Waals surface area contributed by atoms with E-state index in [-0.39, 0.29) is 36.3 Å². The highest BCUT2D eigenvalue weighted by molar-refractivity contribution is 7.13. The number of ether oxygens (including phenoxy) is 1. The maximum absolute atomic E-state index is 13.0. The summed E-state index contributed by atoms with van der Waals surface area (Å²) in [6.45, 7) is 7.72. The van der Waals surface area contributed by atoms with Gasteiger partial charge in [-0.25, -0.2) is 4.79 Å². The zero-order valence-corrected chi connectivity index (χ0v) is 16.5. The molecule has 2 aliphatic rings. The molecule has 0 spiro atoms. The van der Waals surface area contributed by atoms with Gasteiger partial charge in [0.25, 0.3) is 11.8 Å². The molecule has 0 N–H and O–H groups in total. The Labute approximate surface area is 157 Å². The second kappa shape index (κ2) is 7.00. The van der Waals surface area contributed by atoms with Gasteiger partial charge in [0, 0.05) is 30.5 Å². The summed E-state index contributed by atoms with van der Waals surface area (Å²) in [5, 5.41) is 0. The minimum Gasteiger partial charge on any atom is -0.383 e. The van der Waals surface area contributed by atoms with Crippen molar-refractivity contribution in [1.29, 1.82) is 0 Å². The third kappa shape index (κ3) is 3.48. The third-order valence-corrected chi connectivity index (χ3v) is 5.76. The van der Waals surface area contributed by atoms with Crippen LogP contribution < -0.4 is 0 Å². The van der Waals surface area contributed by atoms with E-state index in [4.69, 9.17) is 4.74 Å². The molecular formula is C18H25N3O4S. The van der Waals surface area contributed by atoms with Crippen LogP contribution in [0.25, 0.3) is 0 Å². The molecule has 0 bridgehead atoms. The number of carbonyl (C=O) groups excluding carboxylic acids is 3. The number of carbonyl (C=O) groups is 3. The molecule has 0 aliphatic carbocycles. The third-order valence-electron chi connectivity index (χ3n) is 4.77. The Balaban J connectivity index is 1.86. The van der Waals surface area contributed by atoms with Crippen LogP contribution in [0.2, 0.25) is 0 Å². The molecule has 1 aromatic heterocycles. The van der Waals surface area contributed by atoms with Crippen LogP contribution in [0.3, 0.4) is 0 Å². The second-order valence-electron chi connectivity index (χ2n) is 7.67. The normalized spacial score (nSPS) is 22.6. The number of hydrogen-bond acceptors (Lipinski definition) is 5. The number of methoxy groups -OCH3 is 1. The lowest BCUT2D eigenvalue weighted by Gasteiger charge is -2.30. The predicted octanol–water partition coefficient (Wildman–Crippen LogP) is 1.82. The molecule has 1 aromatic rings. The van der Waals surface area contributed by atoms with E-state index in [1.54, 1.807) is 9.80 Å². The average Bonchev–Trinajstić information content (AvgIpc) is 3.04. The standard InChI is InChI=1S/C18H25N3O4S/c1-12-5-6-14(26-12)16(23)19-9-13-15(22)20(7-8-25-4)17(24)21(13)11-18(2,3)10-19/h5-6,13H,7-11H2,1-4H3. The van der Waals surface area contributed by atoms with Crippen molar-refractivity contribution in [2.45, 2.75) is 26.8 Å². The van der Waals surface area contributed by atoms with Gasteiger partial charge in [-0.2, -0.15) is 0 Å². The van der Waals surface area contributed by atoms with E-state index in [2.05, 4.69) is 0 Å². The summed E-state index contributed by atoms with van der Waals surface area (Å²) in [5.41, 5.74) is -0.302. The fourth-order valence-electron chi connectivity index (χ4n) is 3.60. The van der Waals surface area contributed by atoms with Crippen LogP contribution >= 0.6 is 11.3 Å². The van der Waals surface area contributed by atoms with E-state index in [1.807, 2.05) is 32.9 Å². The molecule has 1 atom stereocenters. The van der Waals surface area contributed by atoms with Gasteiger partial charge in [-0.3, -0.25) is 14.5 Å². The number of imide groups is 1. The molecule has 7 nitrogen and oxygen atoms in total. The van der Waals surface area contributed by atoms with Gasteiger partial charge in [0.15, 0.2) is 0 Å². The Kier molecular flexibility index (Phi) is 5.07. The lowest BCUT2D eigenvalue weighted by Crippen LogP contribution is -2.44. The molecule has 2 aliphatic heterocycles. The Hall–Kier alpha value is -1.93. The van der Waals surface area contributed by atoms with Crippen molar-refractivity contribution >= 4 is 29.2 Å². The molecule has 142 valence electrons. The number of rotatable bonds is 4. The fourth-order valence-corrected chi connectivity index (χ4v) is 4.44. The fraction of sp³-hybridized carbons (Fsp3) is 0.611. The van der Waals surface area contributed by atoms with E-state index < -0.39 is 6.04 Å². The molecule has 2 fully saturated rings. The Morgan fingerprint density at radius 1 is 1.31 bits per heavy atom. The van der Waals surface area contributed by atoms with Gasteiger partial charge in [-0.05, 0) is 19.1 Å². The Morgan fingerprint density at radius 3 is 2.65 bits per heavy atom. The van der Waals surface area contributed by atoms with Gasteiger partial charge in [0.1, 0.15) is 6.04 Å². The van der Waals surface area contributed by atoms with E-state index in [0.29, 0.717) is 24.6 Å². The van der Waals surface area contributed by atoms with E-state index in [1.165, 1.54) is 23.3 Å².